The van der Waals surface area contributed by atoms with Crippen LogP contribution in [0.2, 0.25) is 0 Å². The lowest BCUT2D eigenvalue weighted by molar-refractivity contribution is -0.120. The SMILES string of the molecule is COc1ccc(C(NC(=O)CNc2ccc(C)c(F)c2)C2CC2)cc1. The number of ether oxygens (including phenoxy) is 1. The van der Waals surface area contributed by atoms with Crippen molar-refractivity contribution >= 4 is 11.6 Å². The Bertz CT molecular complexity index is 742. The monoisotopic (exact) mass is 342 g/mol. The van der Waals surface area contributed by atoms with Crippen LogP contribution in [0.5, 0.6) is 5.75 Å². The van der Waals surface area contributed by atoms with Crippen LogP contribution >= 0.6 is 0 Å². The van der Waals surface area contributed by atoms with E-state index >= 15 is 0 Å². The van der Waals surface area contributed by atoms with Crippen LogP contribution in [0.1, 0.15) is 30.0 Å². The van der Waals surface area contributed by atoms with E-state index in [1.807, 2.05) is 24.3 Å². The number of halogens is 1. The molecule has 0 heterocycles. The fourth-order valence-electron chi connectivity index (χ4n) is 2.82. The number of nitrogens with one attached hydrogen (secondary N) is 2. The van der Waals surface area contributed by atoms with E-state index in [2.05, 4.69) is 10.6 Å². The Balaban J connectivity index is 1.59. The third-order valence-corrected chi connectivity index (χ3v) is 4.51. The average Bonchev–Trinajstić information content (AvgIpc) is 3.46. The Kier molecular flexibility index (Phi) is 5.22. The molecule has 132 valence electrons. The summed E-state index contributed by atoms with van der Waals surface area (Å²) < 4.78 is 18.7. The first kappa shape index (κ1) is 17.3. The summed E-state index contributed by atoms with van der Waals surface area (Å²) in [5.41, 5.74) is 2.27. The third kappa shape index (κ3) is 4.50. The van der Waals surface area contributed by atoms with E-state index in [0.29, 0.717) is 17.2 Å². The minimum Gasteiger partial charge on any atom is -0.497 e. The van der Waals surface area contributed by atoms with Gasteiger partial charge in [-0.05, 0) is 61.1 Å². The third-order valence-electron chi connectivity index (χ3n) is 4.51. The van der Waals surface area contributed by atoms with Gasteiger partial charge in [-0.1, -0.05) is 18.2 Å². The molecule has 1 fully saturated rings. The van der Waals surface area contributed by atoms with E-state index in [1.54, 1.807) is 26.2 Å². The quantitative estimate of drug-likeness (QED) is 0.804. The molecular formula is C20H23FN2O2. The molecule has 0 spiro atoms. The van der Waals surface area contributed by atoms with Gasteiger partial charge in [-0.2, -0.15) is 0 Å². The molecule has 1 amide bonds. The van der Waals surface area contributed by atoms with Gasteiger partial charge >= 0.3 is 0 Å². The highest BCUT2D eigenvalue weighted by molar-refractivity contribution is 5.81. The zero-order valence-corrected chi connectivity index (χ0v) is 14.5. The summed E-state index contributed by atoms with van der Waals surface area (Å²) in [6.45, 7) is 1.82. The molecule has 0 bridgehead atoms. The van der Waals surface area contributed by atoms with Crippen molar-refractivity contribution in [1.29, 1.82) is 0 Å². The first-order valence-corrected chi connectivity index (χ1v) is 8.50. The van der Waals surface area contributed by atoms with E-state index in [-0.39, 0.29) is 24.3 Å². The molecule has 0 aliphatic heterocycles. The predicted molar refractivity (Wildman–Crippen MR) is 96.2 cm³/mol. The van der Waals surface area contributed by atoms with Crippen molar-refractivity contribution in [3.63, 3.8) is 0 Å². The summed E-state index contributed by atoms with van der Waals surface area (Å²) in [5, 5.41) is 6.07. The summed E-state index contributed by atoms with van der Waals surface area (Å²) in [7, 11) is 1.63. The van der Waals surface area contributed by atoms with Crippen molar-refractivity contribution in [3.8, 4) is 5.75 Å². The number of benzene rings is 2. The second-order valence-corrected chi connectivity index (χ2v) is 6.47. The summed E-state index contributed by atoms with van der Waals surface area (Å²) >= 11 is 0. The molecule has 0 saturated heterocycles. The Morgan fingerprint density at radius 2 is 1.96 bits per heavy atom. The van der Waals surface area contributed by atoms with E-state index in [0.717, 1.165) is 24.2 Å². The number of aryl methyl sites for hydroxylation is 1. The summed E-state index contributed by atoms with van der Waals surface area (Å²) in [6.07, 6.45) is 2.24. The minimum absolute atomic E-state index is 0.00922. The molecule has 2 aromatic carbocycles. The second kappa shape index (κ2) is 7.55. The van der Waals surface area contributed by atoms with Crippen LogP contribution in [-0.4, -0.2) is 19.6 Å². The smallest absolute Gasteiger partial charge is 0.239 e. The van der Waals surface area contributed by atoms with Gasteiger partial charge in [-0.3, -0.25) is 4.79 Å². The summed E-state index contributed by atoms with van der Waals surface area (Å²) in [4.78, 5) is 12.3. The van der Waals surface area contributed by atoms with Gasteiger partial charge in [0.1, 0.15) is 11.6 Å². The number of hydrogen-bond acceptors (Lipinski definition) is 3. The normalized spacial score (nSPS) is 14.7. The summed E-state index contributed by atoms with van der Waals surface area (Å²) in [5.74, 6) is 0.898. The van der Waals surface area contributed by atoms with E-state index < -0.39 is 0 Å². The van der Waals surface area contributed by atoms with Crippen LogP contribution in [-0.2, 0) is 4.79 Å². The fourth-order valence-corrected chi connectivity index (χ4v) is 2.82. The molecule has 4 nitrogen and oxygen atoms in total. The van der Waals surface area contributed by atoms with Crippen LogP contribution in [0, 0.1) is 18.7 Å². The highest BCUT2D eigenvalue weighted by atomic mass is 19.1. The molecule has 3 rings (SSSR count). The van der Waals surface area contributed by atoms with Gasteiger partial charge in [-0.15, -0.1) is 0 Å². The van der Waals surface area contributed by atoms with Crippen molar-refractivity contribution in [2.24, 2.45) is 5.92 Å². The van der Waals surface area contributed by atoms with Crippen molar-refractivity contribution in [2.45, 2.75) is 25.8 Å². The maximum Gasteiger partial charge on any atom is 0.239 e. The van der Waals surface area contributed by atoms with Gasteiger partial charge < -0.3 is 15.4 Å². The number of amides is 1. The van der Waals surface area contributed by atoms with Gasteiger partial charge in [0, 0.05) is 5.69 Å². The number of rotatable bonds is 7. The van der Waals surface area contributed by atoms with Crippen molar-refractivity contribution < 1.29 is 13.9 Å². The fraction of sp³-hybridized carbons (Fsp3) is 0.350. The van der Waals surface area contributed by atoms with Crippen LogP contribution in [0.4, 0.5) is 10.1 Å². The Hall–Kier alpha value is -2.56. The number of methoxy groups -OCH3 is 1. The zero-order chi connectivity index (χ0) is 17.8. The van der Waals surface area contributed by atoms with Crippen LogP contribution in [0.3, 0.4) is 0 Å². The van der Waals surface area contributed by atoms with Crippen LogP contribution < -0.4 is 15.4 Å². The first-order valence-electron chi connectivity index (χ1n) is 8.50. The Morgan fingerprint density at radius 1 is 1.24 bits per heavy atom. The molecule has 1 atom stereocenters. The number of carbonyl (C=O) groups excluding carboxylic acids is 1. The average molecular weight is 342 g/mol. The lowest BCUT2D eigenvalue weighted by Crippen LogP contribution is -2.34. The molecule has 25 heavy (non-hydrogen) atoms. The number of anilines is 1. The maximum atomic E-state index is 13.6. The lowest BCUT2D eigenvalue weighted by Gasteiger charge is -2.19. The topological polar surface area (TPSA) is 50.4 Å². The maximum absolute atomic E-state index is 13.6. The molecule has 2 aromatic rings. The van der Waals surface area contributed by atoms with E-state index in [9.17, 15) is 9.18 Å². The Morgan fingerprint density at radius 3 is 2.56 bits per heavy atom. The highest BCUT2D eigenvalue weighted by Crippen LogP contribution is 2.41. The van der Waals surface area contributed by atoms with Crippen LogP contribution in [0.15, 0.2) is 42.5 Å². The van der Waals surface area contributed by atoms with Gasteiger partial charge in [0.15, 0.2) is 0 Å². The van der Waals surface area contributed by atoms with Crippen molar-refractivity contribution in [2.75, 3.05) is 19.0 Å². The molecule has 0 aromatic heterocycles. The van der Waals surface area contributed by atoms with Gasteiger partial charge in [-0.25, -0.2) is 4.39 Å². The molecular weight excluding hydrogens is 319 g/mol. The van der Waals surface area contributed by atoms with Crippen LogP contribution in [0.25, 0.3) is 0 Å². The number of carbonyl (C=O) groups is 1. The van der Waals surface area contributed by atoms with Gasteiger partial charge in [0.2, 0.25) is 5.91 Å². The molecule has 1 unspecified atom stereocenters. The lowest BCUT2D eigenvalue weighted by atomic mass is 10.0. The zero-order valence-electron chi connectivity index (χ0n) is 14.5. The van der Waals surface area contributed by atoms with Crippen molar-refractivity contribution in [3.05, 3.63) is 59.4 Å². The van der Waals surface area contributed by atoms with E-state index in [1.165, 1.54) is 6.07 Å². The van der Waals surface area contributed by atoms with Gasteiger partial charge in [0.05, 0.1) is 19.7 Å². The summed E-state index contributed by atoms with van der Waals surface area (Å²) in [6, 6.07) is 12.7. The van der Waals surface area contributed by atoms with Gasteiger partial charge in [0.25, 0.3) is 0 Å². The molecule has 1 aliphatic carbocycles. The molecule has 1 saturated carbocycles. The molecule has 1 aliphatic rings. The first-order chi connectivity index (χ1) is 12.1. The highest BCUT2D eigenvalue weighted by Gasteiger charge is 2.33. The molecule has 0 radical (unpaired) electrons. The van der Waals surface area contributed by atoms with E-state index in [4.69, 9.17) is 4.74 Å². The Labute approximate surface area is 147 Å². The minimum atomic E-state index is -0.278. The molecule has 2 N–H and O–H groups in total. The number of hydrogen-bond donors (Lipinski definition) is 2. The van der Waals surface area contributed by atoms with Crippen molar-refractivity contribution in [1.82, 2.24) is 5.32 Å². The second-order valence-electron chi connectivity index (χ2n) is 6.47. The standard InChI is InChI=1S/C20H23FN2O2/c1-13-3-8-16(11-18(13)21)22-12-19(24)23-20(14-4-5-14)15-6-9-17(25-2)10-7-15/h3,6-11,14,20,22H,4-5,12H2,1-2H3,(H,23,24). The molecule has 5 heteroatoms. The predicted octanol–water partition coefficient (Wildman–Crippen LogP) is 3.82. The largest absolute Gasteiger partial charge is 0.497 e.